The number of likely N-dealkylation sites (tertiary alicyclic amines) is 1. The zero-order valence-electron chi connectivity index (χ0n) is 15.4. The van der Waals surface area contributed by atoms with Crippen LogP contribution in [0.3, 0.4) is 0 Å². The van der Waals surface area contributed by atoms with Crippen molar-refractivity contribution < 1.29 is 9.90 Å². The van der Waals surface area contributed by atoms with E-state index in [1.54, 1.807) is 6.20 Å². The van der Waals surface area contributed by atoms with Crippen LogP contribution in [0.25, 0.3) is 0 Å². The summed E-state index contributed by atoms with van der Waals surface area (Å²) < 4.78 is 1.81. The average Bonchev–Trinajstić information content (AvgIpc) is 2.93. The minimum atomic E-state index is -0.177. The van der Waals surface area contributed by atoms with E-state index in [1.807, 2.05) is 18.7 Å². The van der Waals surface area contributed by atoms with Crippen LogP contribution in [0.5, 0.6) is 0 Å². The van der Waals surface area contributed by atoms with Crippen LogP contribution in [0.1, 0.15) is 49.8 Å². The quantitative estimate of drug-likeness (QED) is 0.765. The number of piperidine rings is 1. The second-order valence-electron chi connectivity index (χ2n) is 7.44. The van der Waals surface area contributed by atoms with Crippen molar-refractivity contribution in [2.24, 2.45) is 7.05 Å². The van der Waals surface area contributed by atoms with Crippen molar-refractivity contribution in [1.29, 1.82) is 0 Å². The molecule has 25 heavy (non-hydrogen) atoms. The number of aliphatic hydroxyl groups excluding tert-OH is 1. The van der Waals surface area contributed by atoms with Gasteiger partial charge in [0.05, 0.1) is 12.3 Å². The van der Waals surface area contributed by atoms with Gasteiger partial charge in [0.2, 0.25) is 0 Å². The SMILES string of the molecule is Cc1c(CNC(=O)NC2CCN(C3CCCCC3O)CC2)cnn1C. The van der Waals surface area contributed by atoms with Crippen molar-refractivity contribution in [3.63, 3.8) is 0 Å². The lowest BCUT2D eigenvalue weighted by Crippen LogP contribution is -2.53. The van der Waals surface area contributed by atoms with Crippen LogP contribution in [0.4, 0.5) is 4.79 Å². The van der Waals surface area contributed by atoms with Crippen LogP contribution in [0.2, 0.25) is 0 Å². The fourth-order valence-corrected chi connectivity index (χ4v) is 4.02. The number of nitrogens with zero attached hydrogens (tertiary/aromatic N) is 3. The number of carbonyl (C=O) groups is 1. The summed E-state index contributed by atoms with van der Waals surface area (Å²) in [7, 11) is 1.90. The monoisotopic (exact) mass is 349 g/mol. The summed E-state index contributed by atoms with van der Waals surface area (Å²) in [5.74, 6) is 0. The second-order valence-corrected chi connectivity index (χ2v) is 7.44. The van der Waals surface area contributed by atoms with E-state index in [9.17, 15) is 9.90 Å². The molecule has 1 aromatic rings. The number of aliphatic hydroxyl groups is 1. The first kappa shape index (κ1) is 18.2. The summed E-state index contributed by atoms with van der Waals surface area (Å²) in [4.78, 5) is 14.6. The van der Waals surface area contributed by atoms with E-state index < -0.39 is 0 Å². The molecule has 1 aliphatic carbocycles. The molecule has 0 radical (unpaired) electrons. The third kappa shape index (κ3) is 4.52. The number of urea groups is 1. The lowest BCUT2D eigenvalue weighted by molar-refractivity contribution is 0.00777. The molecular formula is C18H31N5O2. The molecule has 0 aromatic carbocycles. The molecule has 1 saturated carbocycles. The van der Waals surface area contributed by atoms with Crippen LogP contribution in [0.15, 0.2) is 6.20 Å². The molecule has 0 spiro atoms. The highest BCUT2D eigenvalue weighted by Crippen LogP contribution is 2.25. The van der Waals surface area contributed by atoms with Gasteiger partial charge >= 0.3 is 6.03 Å². The lowest BCUT2D eigenvalue weighted by atomic mass is 9.89. The molecule has 2 amide bonds. The Labute approximate surface area is 149 Å². The van der Waals surface area contributed by atoms with Gasteiger partial charge in [-0.15, -0.1) is 0 Å². The Balaban J connectivity index is 1.39. The normalized spacial score (nSPS) is 25.7. The van der Waals surface area contributed by atoms with Gasteiger partial charge in [0.25, 0.3) is 0 Å². The van der Waals surface area contributed by atoms with Gasteiger partial charge in [0.15, 0.2) is 0 Å². The van der Waals surface area contributed by atoms with Gasteiger partial charge in [-0.3, -0.25) is 9.58 Å². The van der Waals surface area contributed by atoms with Crippen LogP contribution in [0, 0.1) is 6.92 Å². The maximum atomic E-state index is 12.1. The van der Waals surface area contributed by atoms with Gasteiger partial charge in [-0.05, 0) is 32.6 Å². The zero-order chi connectivity index (χ0) is 17.8. The number of hydrogen-bond acceptors (Lipinski definition) is 4. The first-order valence-corrected chi connectivity index (χ1v) is 9.48. The zero-order valence-corrected chi connectivity index (χ0v) is 15.4. The van der Waals surface area contributed by atoms with E-state index in [2.05, 4.69) is 20.6 Å². The fraction of sp³-hybridized carbons (Fsp3) is 0.778. The Bertz CT molecular complexity index is 580. The molecule has 0 bridgehead atoms. The summed E-state index contributed by atoms with van der Waals surface area (Å²) >= 11 is 0. The van der Waals surface area contributed by atoms with E-state index >= 15 is 0 Å². The van der Waals surface area contributed by atoms with Crippen LogP contribution >= 0.6 is 0 Å². The number of nitrogens with one attached hydrogen (secondary N) is 2. The van der Waals surface area contributed by atoms with E-state index in [4.69, 9.17) is 0 Å². The Morgan fingerprint density at radius 1 is 1.28 bits per heavy atom. The van der Waals surface area contributed by atoms with Gasteiger partial charge in [0.1, 0.15) is 0 Å². The Morgan fingerprint density at radius 2 is 2.00 bits per heavy atom. The predicted octanol–water partition coefficient (Wildman–Crippen LogP) is 1.30. The van der Waals surface area contributed by atoms with Gasteiger partial charge in [0, 0.05) is 50.0 Å². The molecule has 3 rings (SSSR count). The molecule has 1 saturated heterocycles. The van der Waals surface area contributed by atoms with Crippen molar-refractivity contribution in [2.45, 2.75) is 70.2 Å². The number of aromatic nitrogens is 2. The van der Waals surface area contributed by atoms with Crippen LogP contribution < -0.4 is 10.6 Å². The number of amides is 2. The highest BCUT2D eigenvalue weighted by atomic mass is 16.3. The number of carbonyl (C=O) groups excluding carboxylic acids is 1. The number of hydrogen-bond donors (Lipinski definition) is 3. The second kappa shape index (κ2) is 8.19. The van der Waals surface area contributed by atoms with Crippen molar-refractivity contribution in [3.8, 4) is 0 Å². The average molecular weight is 349 g/mol. The van der Waals surface area contributed by atoms with Crippen molar-refractivity contribution >= 4 is 6.03 Å². The van der Waals surface area contributed by atoms with E-state index in [1.165, 1.54) is 6.42 Å². The summed E-state index contributed by atoms with van der Waals surface area (Å²) in [6, 6.07) is 0.420. The molecule has 2 unspecified atom stereocenters. The van der Waals surface area contributed by atoms with Gasteiger partial charge in [-0.2, -0.15) is 5.10 Å². The number of rotatable bonds is 4. The van der Waals surface area contributed by atoms with Crippen LogP contribution in [-0.2, 0) is 13.6 Å². The molecule has 2 fully saturated rings. The lowest BCUT2D eigenvalue weighted by Gasteiger charge is -2.41. The molecule has 2 aliphatic rings. The van der Waals surface area contributed by atoms with E-state index in [0.717, 1.165) is 56.5 Å². The minimum absolute atomic E-state index is 0.112. The highest BCUT2D eigenvalue weighted by molar-refractivity contribution is 5.74. The first-order chi connectivity index (χ1) is 12.0. The Hall–Kier alpha value is -1.60. The van der Waals surface area contributed by atoms with Crippen LogP contribution in [-0.4, -0.2) is 57.1 Å². The van der Waals surface area contributed by atoms with Crippen molar-refractivity contribution in [1.82, 2.24) is 25.3 Å². The first-order valence-electron chi connectivity index (χ1n) is 9.48. The third-order valence-electron chi connectivity index (χ3n) is 5.80. The fourth-order valence-electron chi connectivity index (χ4n) is 4.02. The third-order valence-corrected chi connectivity index (χ3v) is 5.80. The van der Waals surface area contributed by atoms with Crippen molar-refractivity contribution in [2.75, 3.05) is 13.1 Å². The standard InChI is InChI=1S/C18H31N5O2/c1-13-14(12-20-22(13)2)11-19-18(25)21-15-7-9-23(10-8-15)16-5-3-4-6-17(16)24/h12,15-17,24H,3-11H2,1-2H3,(H2,19,21,25). The van der Waals surface area contributed by atoms with E-state index in [-0.39, 0.29) is 18.2 Å². The Kier molecular flexibility index (Phi) is 5.96. The maximum absolute atomic E-state index is 12.1. The molecule has 2 heterocycles. The number of aryl methyl sites for hydroxylation is 1. The van der Waals surface area contributed by atoms with Crippen molar-refractivity contribution in [3.05, 3.63) is 17.5 Å². The molecule has 7 nitrogen and oxygen atoms in total. The van der Waals surface area contributed by atoms with Gasteiger partial charge < -0.3 is 15.7 Å². The summed E-state index contributed by atoms with van der Waals surface area (Å²) in [6.45, 7) is 4.40. The molecule has 2 atom stereocenters. The molecular weight excluding hydrogens is 318 g/mol. The molecule has 7 heteroatoms. The summed E-state index contributed by atoms with van der Waals surface area (Å²) in [5.41, 5.74) is 2.11. The maximum Gasteiger partial charge on any atom is 0.315 e. The topological polar surface area (TPSA) is 82.4 Å². The molecule has 140 valence electrons. The van der Waals surface area contributed by atoms with Gasteiger partial charge in [-0.1, -0.05) is 12.8 Å². The molecule has 1 aliphatic heterocycles. The molecule has 1 aromatic heterocycles. The largest absolute Gasteiger partial charge is 0.391 e. The molecule has 3 N–H and O–H groups in total. The van der Waals surface area contributed by atoms with E-state index in [0.29, 0.717) is 12.6 Å². The predicted molar refractivity (Wildman–Crippen MR) is 96.2 cm³/mol. The smallest absolute Gasteiger partial charge is 0.315 e. The highest BCUT2D eigenvalue weighted by Gasteiger charge is 2.31. The summed E-state index contributed by atoms with van der Waals surface area (Å²) in [6.07, 6.45) is 7.91. The Morgan fingerprint density at radius 3 is 2.64 bits per heavy atom. The summed E-state index contributed by atoms with van der Waals surface area (Å²) in [5, 5.41) is 20.4. The van der Waals surface area contributed by atoms with Gasteiger partial charge in [-0.25, -0.2) is 4.79 Å². The minimum Gasteiger partial charge on any atom is -0.391 e.